The van der Waals surface area contributed by atoms with Gasteiger partial charge in [0.05, 0.1) is 24.8 Å². The third-order valence-electron chi connectivity index (χ3n) is 3.36. The summed E-state index contributed by atoms with van der Waals surface area (Å²) in [5.74, 6) is 4.55. The first-order valence-electron chi connectivity index (χ1n) is 6.50. The Balaban J connectivity index is 3.19. The Labute approximate surface area is 112 Å². The Kier molecular flexibility index (Phi) is 4.90. The first-order valence-corrected chi connectivity index (χ1v) is 6.50. The minimum Gasteiger partial charge on any atom is -0.375 e. The lowest BCUT2D eigenvalue weighted by Crippen LogP contribution is -2.49. The molecule has 19 heavy (non-hydrogen) atoms. The van der Waals surface area contributed by atoms with Crippen molar-refractivity contribution in [2.45, 2.75) is 52.3 Å². The fraction of sp³-hybridized carbons (Fsp3) is 0.846. The quantitative estimate of drug-likeness (QED) is 0.637. The van der Waals surface area contributed by atoms with E-state index in [1.807, 2.05) is 20.8 Å². The number of halogens is 3. The van der Waals surface area contributed by atoms with E-state index in [-0.39, 0.29) is 19.4 Å². The Morgan fingerprint density at radius 2 is 1.89 bits per heavy atom. The van der Waals surface area contributed by atoms with Gasteiger partial charge in [0.1, 0.15) is 0 Å². The van der Waals surface area contributed by atoms with Crippen LogP contribution in [0.1, 0.15) is 40.5 Å². The predicted octanol–water partition coefficient (Wildman–Crippen LogP) is 3.22. The molecule has 2 N–H and O–H groups in total. The van der Waals surface area contributed by atoms with Crippen molar-refractivity contribution in [3.05, 3.63) is 11.3 Å². The van der Waals surface area contributed by atoms with Crippen LogP contribution in [0.5, 0.6) is 0 Å². The number of alkyl halides is 3. The van der Waals surface area contributed by atoms with Crippen LogP contribution < -0.4 is 5.84 Å². The molecule has 6 heteroatoms. The average molecular weight is 280 g/mol. The standard InChI is InChI=1S/C13H23F3N2O/c1-5-10(13(14,15)16)9-6-7-19-8-11(9)18(17)12(2,3)4/h10H,5-8,17H2,1-4H3. The van der Waals surface area contributed by atoms with Gasteiger partial charge >= 0.3 is 6.18 Å². The molecule has 0 amide bonds. The van der Waals surface area contributed by atoms with E-state index in [9.17, 15) is 13.2 Å². The minimum absolute atomic E-state index is 0.0281. The molecule has 0 saturated carbocycles. The molecule has 1 aliphatic heterocycles. The Bertz CT molecular complexity index is 345. The number of ether oxygens (including phenoxy) is 1. The molecule has 1 heterocycles. The van der Waals surface area contributed by atoms with Crippen molar-refractivity contribution in [2.24, 2.45) is 11.8 Å². The smallest absolute Gasteiger partial charge is 0.375 e. The van der Waals surface area contributed by atoms with E-state index in [0.29, 0.717) is 17.9 Å². The summed E-state index contributed by atoms with van der Waals surface area (Å²) in [7, 11) is 0. The maximum absolute atomic E-state index is 13.1. The van der Waals surface area contributed by atoms with Gasteiger partial charge in [0.15, 0.2) is 0 Å². The lowest BCUT2D eigenvalue weighted by atomic mass is 9.89. The van der Waals surface area contributed by atoms with Gasteiger partial charge in [-0.25, -0.2) is 5.84 Å². The van der Waals surface area contributed by atoms with Gasteiger partial charge in [-0.05, 0) is 39.2 Å². The van der Waals surface area contributed by atoms with Crippen LogP contribution in [0, 0.1) is 5.92 Å². The van der Waals surface area contributed by atoms with Crippen LogP contribution in [0.2, 0.25) is 0 Å². The second-order valence-corrected chi connectivity index (χ2v) is 5.82. The summed E-state index contributed by atoms with van der Waals surface area (Å²) < 4.78 is 44.6. The van der Waals surface area contributed by atoms with E-state index in [4.69, 9.17) is 10.6 Å². The third-order valence-corrected chi connectivity index (χ3v) is 3.36. The molecular weight excluding hydrogens is 257 g/mol. The summed E-state index contributed by atoms with van der Waals surface area (Å²) >= 11 is 0. The first-order chi connectivity index (χ1) is 8.59. The Morgan fingerprint density at radius 3 is 2.32 bits per heavy atom. The molecule has 0 aromatic carbocycles. The molecule has 1 aliphatic rings. The van der Waals surface area contributed by atoms with Gasteiger partial charge in [-0.3, -0.25) is 0 Å². The van der Waals surface area contributed by atoms with Crippen molar-refractivity contribution in [1.82, 2.24) is 5.01 Å². The molecule has 1 unspecified atom stereocenters. The second-order valence-electron chi connectivity index (χ2n) is 5.82. The highest BCUT2D eigenvalue weighted by Gasteiger charge is 2.43. The number of nitrogens with zero attached hydrogens (tertiary/aromatic N) is 1. The molecule has 1 rings (SSSR count). The van der Waals surface area contributed by atoms with Gasteiger partial charge < -0.3 is 9.75 Å². The third kappa shape index (κ3) is 3.86. The number of hydrogen-bond acceptors (Lipinski definition) is 3. The largest absolute Gasteiger partial charge is 0.395 e. The zero-order valence-corrected chi connectivity index (χ0v) is 12.0. The Hall–Kier alpha value is -0.750. The summed E-state index contributed by atoms with van der Waals surface area (Å²) in [6.45, 7) is 7.61. The van der Waals surface area contributed by atoms with Crippen LogP contribution in [0.25, 0.3) is 0 Å². The zero-order chi connectivity index (χ0) is 14.8. The van der Waals surface area contributed by atoms with Crippen LogP contribution in [0.4, 0.5) is 13.2 Å². The molecule has 0 spiro atoms. The molecule has 0 fully saturated rings. The van der Waals surface area contributed by atoms with Gasteiger partial charge in [0, 0.05) is 5.54 Å². The number of nitrogens with two attached hydrogens (primary N) is 1. The zero-order valence-electron chi connectivity index (χ0n) is 12.0. The Morgan fingerprint density at radius 1 is 1.32 bits per heavy atom. The van der Waals surface area contributed by atoms with Crippen LogP contribution in [-0.4, -0.2) is 29.9 Å². The molecule has 0 saturated heterocycles. The van der Waals surface area contributed by atoms with Crippen LogP contribution in [0.3, 0.4) is 0 Å². The monoisotopic (exact) mass is 280 g/mol. The van der Waals surface area contributed by atoms with Gasteiger partial charge in [-0.1, -0.05) is 6.92 Å². The van der Waals surface area contributed by atoms with E-state index in [0.717, 1.165) is 0 Å². The first kappa shape index (κ1) is 16.3. The highest BCUT2D eigenvalue weighted by Crippen LogP contribution is 2.39. The number of hydrogen-bond donors (Lipinski definition) is 1. The second kappa shape index (κ2) is 5.71. The van der Waals surface area contributed by atoms with Crippen LogP contribution >= 0.6 is 0 Å². The molecule has 0 bridgehead atoms. The predicted molar refractivity (Wildman–Crippen MR) is 68.1 cm³/mol. The molecule has 112 valence electrons. The fourth-order valence-corrected chi connectivity index (χ4v) is 2.27. The summed E-state index contributed by atoms with van der Waals surface area (Å²) in [5, 5.41) is 1.41. The van der Waals surface area contributed by atoms with E-state index >= 15 is 0 Å². The topological polar surface area (TPSA) is 38.5 Å². The molecule has 0 aromatic rings. The highest BCUT2D eigenvalue weighted by molar-refractivity contribution is 5.21. The summed E-state index contributed by atoms with van der Waals surface area (Å²) in [6, 6.07) is 0. The minimum atomic E-state index is -4.23. The molecule has 0 aliphatic carbocycles. The van der Waals surface area contributed by atoms with Gasteiger partial charge in [-0.15, -0.1) is 0 Å². The van der Waals surface area contributed by atoms with Crippen molar-refractivity contribution in [1.29, 1.82) is 0 Å². The molecule has 3 nitrogen and oxygen atoms in total. The molecular formula is C13H23F3N2O. The fourth-order valence-electron chi connectivity index (χ4n) is 2.27. The van der Waals surface area contributed by atoms with Crippen molar-refractivity contribution in [3.63, 3.8) is 0 Å². The summed E-state index contributed by atoms with van der Waals surface area (Å²) in [5.41, 5.74) is 0.409. The summed E-state index contributed by atoms with van der Waals surface area (Å²) in [4.78, 5) is 0. The molecule has 0 aromatic heterocycles. The van der Waals surface area contributed by atoms with Crippen molar-refractivity contribution < 1.29 is 17.9 Å². The average Bonchev–Trinajstić information content (AvgIpc) is 2.26. The normalized spacial score (nSPS) is 19.6. The molecule has 0 radical (unpaired) electrons. The number of hydrazine groups is 1. The lowest BCUT2D eigenvalue weighted by Gasteiger charge is -2.39. The van der Waals surface area contributed by atoms with Crippen LogP contribution in [0.15, 0.2) is 11.3 Å². The molecule has 1 atom stereocenters. The van der Waals surface area contributed by atoms with E-state index < -0.39 is 17.6 Å². The maximum atomic E-state index is 13.1. The SMILES string of the molecule is CCC(C1=C(N(N)C(C)(C)C)COCC1)C(F)(F)F. The highest BCUT2D eigenvalue weighted by atomic mass is 19.4. The van der Waals surface area contributed by atoms with Crippen LogP contribution in [-0.2, 0) is 4.74 Å². The maximum Gasteiger partial charge on any atom is 0.395 e. The summed E-state index contributed by atoms with van der Waals surface area (Å²) in [6.07, 6.45) is -3.91. The van der Waals surface area contributed by atoms with Crippen molar-refractivity contribution in [2.75, 3.05) is 13.2 Å². The number of rotatable bonds is 3. The van der Waals surface area contributed by atoms with E-state index in [1.54, 1.807) is 6.92 Å². The van der Waals surface area contributed by atoms with E-state index in [1.165, 1.54) is 5.01 Å². The van der Waals surface area contributed by atoms with Gasteiger partial charge in [-0.2, -0.15) is 13.2 Å². The lowest BCUT2D eigenvalue weighted by molar-refractivity contribution is -0.167. The van der Waals surface area contributed by atoms with E-state index in [2.05, 4.69) is 0 Å². The van der Waals surface area contributed by atoms with Gasteiger partial charge in [0.2, 0.25) is 0 Å². The van der Waals surface area contributed by atoms with Crippen molar-refractivity contribution in [3.8, 4) is 0 Å². The van der Waals surface area contributed by atoms with Gasteiger partial charge in [0.25, 0.3) is 0 Å². The van der Waals surface area contributed by atoms with Crippen molar-refractivity contribution >= 4 is 0 Å².